The van der Waals surface area contributed by atoms with Crippen LogP contribution in [-0.2, 0) is 6.42 Å². The Balaban J connectivity index is 2.09. The van der Waals surface area contributed by atoms with Gasteiger partial charge in [0.05, 0.1) is 16.3 Å². The molecule has 25 heavy (non-hydrogen) atoms. The molecule has 0 saturated heterocycles. The molecule has 0 radical (unpaired) electrons. The molecule has 0 bridgehead atoms. The van der Waals surface area contributed by atoms with Gasteiger partial charge in [0.15, 0.2) is 0 Å². The molecule has 136 valence electrons. The highest BCUT2D eigenvalue weighted by atomic mass is 35.5. The summed E-state index contributed by atoms with van der Waals surface area (Å²) in [4.78, 5) is 12.8. The van der Waals surface area contributed by atoms with Crippen molar-refractivity contribution in [3.05, 3.63) is 50.8 Å². The number of carbonyl (C=O) groups excluding carboxylic acids is 1. The van der Waals surface area contributed by atoms with E-state index in [-0.39, 0.29) is 5.91 Å². The number of rotatable bonds is 8. The lowest BCUT2D eigenvalue weighted by Crippen LogP contribution is -2.16. The van der Waals surface area contributed by atoms with Gasteiger partial charge in [-0.05, 0) is 50.5 Å². The molecule has 1 aromatic carbocycles. The van der Waals surface area contributed by atoms with Crippen LogP contribution in [0.3, 0.4) is 0 Å². The lowest BCUT2D eigenvalue weighted by Gasteiger charge is -2.07. The van der Waals surface area contributed by atoms with E-state index >= 15 is 0 Å². The van der Waals surface area contributed by atoms with Gasteiger partial charge in [-0.1, -0.05) is 62.2 Å². The van der Waals surface area contributed by atoms with Gasteiger partial charge in [0.1, 0.15) is 0 Å². The largest absolute Gasteiger partial charge is 0.279 e. The summed E-state index contributed by atoms with van der Waals surface area (Å²) in [5.41, 5.74) is 3.42. The van der Waals surface area contributed by atoms with Crippen LogP contribution < -0.4 is 0 Å². The van der Waals surface area contributed by atoms with E-state index in [9.17, 15) is 4.79 Å². The number of hydrogen-bond donors (Lipinski definition) is 0. The van der Waals surface area contributed by atoms with Gasteiger partial charge in [-0.2, -0.15) is 5.10 Å². The molecule has 0 aliphatic rings. The predicted molar refractivity (Wildman–Crippen MR) is 105 cm³/mol. The molecule has 1 aromatic heterocycles. The maximum Gasteiger partial charge on any atom is 0.279 e. The fourth-order valence-corrected chi connectivity index (χ4v) is 3.58. The van der Waals surface area contributed by atoms with Crippen molar-refractivity contribution < 1.29 is 4.79 Å². The summed E-state index contributed by atoms with van der Waals surface area (Å²) >= 11 is 12.1. The molecule has 0 amide bonds. The van der Waals surface area contributed by atoms with E-state index in [0.717, 1.165) is 24.2 Å². The first-order valence-corrected chi connectivity index (χ1v) is 9.76. The lowest BCUT2D eigenvalue weighted by atomic mass is 10.0. The van der Waals surface area contributed by atoms with E-state index in [4.69, 9.17) is 23.2 Å². The minimum absolute atomic E-state index is 0.212. The van der Waals surface area contributed by atoms with Crippen molar-refractivity contribution in [2.75, 3.05) is 0 Å². The number of halogens is 2. The van der Waals surface area contributed by atoms with Crippen LogP contribution >= 0.6 is 23.2 Å². The van der Waals surface area contributed by atoms with Gasteiger partial charge in [-0.3, -0.25) is 4.79 Å². The Morgan fingerprint density at radius 2 is 1.76 bits per heavy atom. The maximum atomic E-state index is 12.8. The van der Waals surface area contributed by atoms with Gasteiger partial charge in [-0.15, -0.1) is 0 Å². The van der Waals surface area contributed by atoms with Crippen LogP contribution in [0.5, 0.6) is 0 Å². The number of carbonyl (C=O) groups is 1. The number of aromatic nitrogens is 2. The first-order chi connectivity index (χ1) is 12.0. The predicted octanol–water partition coefficient (Wildman–Crippen LogP) is 6.40. The highest BCUT2D eigenvalue weighted by Gasteiger charge is 2.19. The highest BCUT2D eigenvalue weighted by Crippen LogP contribution is 2.24. The SMILES string of the molecule is CCCCCCCCc1c(C)nn(C(=O)c2ccc(Cl)cc2Cl)c1C. The quantitative estimate of drug-likeness (QED) is 0.496. The van der Waals surface area contributed by atoms with E-state index in [1.165, 1.54) is 42.3 Å². The molecule has 2 rings (SSSR count). The van der Waals surface area contributed by atoms with Gasteiger partial charge in [-0.25, -0.2) is 4.68 Å². The molecule has 0 fully saturated rings. The van der Waals surface area contributed by atoms with Crippen LogP contribution in [0.4, 0.5) is 0 Å². The molecule has 0 saturated carbocycles. The Morgan fingerprint density at radius 1 is 1.08 bits per heavy atom. The summed E-state index contributed by atoms with van der Waals surface area (Å²) in [5, 5.41) is 5.32. The summed E-state index contributed by atoms with van der Waals surface area (Å²) in [6.45, 7) is 6.14. The molecule has 0 unspecified atom stereocenters. The van der Waals surface area contributed by atoms with E-state index in [1.807, 2.05) is 13.8 Å². The van der Waals surface area contributed by atoms with Crippen LogP contribution in [0.15, 0.2) is 18.2 Å². The lowest BCUT2D eigenvalue weighted by molar-refractivity contribution is 0.0942. The second-order valence-corrected chi connectivity index (χ2v) is 7.35. The number of unbranched alkanes of at least 4 members (excludes halogenated alkanes) is 5. The zero-order valence-corrected chi connectivity index (χ0v) is 16.8. The Morgan fingerprint density at radius 3 is 2.44 bits per heavy atom. The first-order valence-electron chi connectivity index (χ1n) is 9.00. The molecular weight excluding hydrogens is 355 g/mol. The molecule has 0 spiro atoms. The Labute approximate surface area is 160 Å². The summed E-state index contributed by atoms with van der Waals surface area (Å²) in [6, 6.07) is 4.90. The minimum Gasteiger partial charge on any atom is -0.267 e. The molecule has 3 nitrogen and oxygen atoms in total. The van der Waals surface area contributed by atoms with Gasteiger partial charge in [0.25, 0.3) is 5.91 Å². The second kappa shape index (κ2) is 9.40. The average Bonchev–Trinajstić information content (AvgIpc) is 2.85. The summed E-state index contributed by atoms with van der Waals surface area (Å²) in [5.74, 6) is -0.212. The topological polar surface area (TPSA) is 34.9 Å². The smallest absolute Gasteiger partial charge is 0.267 e. The summed E-state index contributed by atoms with van der Waals surface area (Å²) in [6.07, 6.45) is 8.48. The Bertz CT molecular complexity index is 738. The van der Waals surface area contributed by atoms with Crippen LogP contribution in [-0.4, -0.2) is 15.7 Å². The van der Waals surface area contributed by atoms with E-state index in [1.54, 1.807) is 18.2 Å². The monoisotopic (exact) mass is 380 g/mol. The number of aryl methyl sites for hydroxylation is 1. The third-order valence-electron chi connectivity index (χ3n) is 4.58. The summed E-state index contributed by atoms with van der Waals surface area (Å²) < 4.78 is 1.47. The zero-order chi connectivity index (χ0) is 18.4. The molecule has 1 heterocycles. The Kier molecular flexibility index (Phi) is 7.52. The van der Waals surface area contributed by atoms with Crippen LogP contribution in [0.2, 0.25) is 10.0 Å². The fraction of sp³-hybridized carbons (Fsp3) is 0.500. The fourth-order valence-electron chi connectivity index (χ4n) is 3.09. The summed E-state index contributed by atoms with van der Waals surface area (Å²) in [7, 11) is 0. The minimum atomic E-state index is -0.212. The third kappa shape index (κ3) is 5.08. The van der Waals surface area contributed by atoms with Crippen LogP contribution in [0, 0.1) is 13.8 Å². The molecule has 5 heteroatoms. The van der Waals surface area contributed by atoms with E-state index < -0.39 is 0 Å². The van der Waals surface area contributed by atoms with Gasteiger partial charge in [0.2, 0.25) is 0 Å². The number of nitrogens with zero attached hydrogens (tertiary/aromatic N) is 2. The number of hydrogen-bond acceptors (Lipinski definition) is 2. The second-order valence-electron chi connectivity index (χ2n) is 6.51. The van der Waals surface area contributed by atoms with Crippen molar-refractivity contribution in [3.8, 4) is 0 Å². The normalized spacial score (nSPS) is 11.1. The standard InChI is InChI=1S/C20H26Cl2N2O/c1-4-5-6-7-8-9-10-17-14(2)23-24(15(17)3)20(25)18-12-11-16(21)13-19(18)22/h11-13H,4-10H2,1-3H3. The van der Waals surface area contributed by atoms with Crippen molar-refractivity contribution in [3.63, 3.8) is 0 Å². The van der Waals surface area contributed by atoms with E-state index in [2.05, 4.69) is 12.0 Å². The molecular formula is C20H26Cl2N2O. The maximum absolute atomic E-state index is 12.8. The van der Waals surface area contributed by atoms with Crippen LogP contribution in [0.25, 0.3) is 0 Å². The highest BCUT2D eigenvalue weighted by molar-refractivity contribution is 6.36. The van der Waals surface area contributed by atoms with Crippen LogP contribution in [0.1, 0.15) is 72.8 Å². The molecule has 0 atom stereocenters. The number of benzene rings is 1. The molecule has 2 aromatic rings. The first kappa shape index (κ1) is 20.0. The van der Waals surface area contributed by atoms with Crippen molar-refractivity contribution in [2.45, 2.75) is 65.7 Å². The third-order valence-corrected chi connectivity index (χ3v) is 5.12. The van der Waals surface area contributed by atoms with Crippen molar-refractivity contribution >= 4 is 29.1 Å². The molecule has 0 aliphatic carbocycles. The zero-order valence-electron chi connectivity index (χ0n) is 15.2. The van der Waals surface area contributed by atoms with Gasteiger partial charge < -0.3 is 0 Å². The average molecular weight is 381 g/mol. The van der Waals surface area contributed by atoms with Gasteiger partial charge in [0, 0.05) is 10.7 Å². The Hall–Kier alpha value is -1.32. The van der Waals surface area contributed by atoms with Crippen molar-refractivity contribution in [1.29, 1.82) is 0 Å². The molecule has 0 aliphatic heterocycles. The van der Waals surface area contributed by atoms with Crippen molar-refractivity contribution in [1.82, 2.24) is 9.78 Å². The van der Waals surface area contributed by atoms with E-state index in [0.29, 0.717) is 15.6 Å². The van der Waals surface area contributed by atoms with Gasteiger partial charge >= 0.3 is 0 Å². The van der Waals surface area contributed by atoms with Crippen molar-refractivity contribution in [2.24, 2.45) is 0 Å². The molecule has 0 N–H and O–H groups in total.